The number of anilines is 1. The van der Waals surface area contributed by atoms with E-state index in [0.29, 0.717) is 12.2 Å². The Kier molecular flexibility index (Phi) is 7.64. The van der Waals surface area contributed by atoms with Gasteiger partial charge < -0.3 is 20.5 Å². The first-order valence-electron chi connectivity index (χ1n) is 8.12. The van der Waals surface area contributed by atoms with Crippen molar-refractivity contribution >= 4 is 17.8 Å². The minimum absolute atomic E-state index is 0.341. The third-order valence-electron chi connectivity index (χ3n) is 3.14. The summed E-state index contributed by atoms with van der Waals surface area (Å²) in [6.45, 7) is 7.23. The van der Waals surface area contributed by atoms with Gasteiger partial charge in [0.15, 0.2) is 6.10 Å². The van der Waals surface area contributed by atoms with E-state index in [-0.39, 0.29) is 0 Å². The predicted octanol–water partition coefficient (Wildman–Crippen LogP) is 2.46. The van der Waals surface area contributed by atoms with Crippen LogP contribution in [0.15, 0.2) is 24.4 Å². The average Bonchev–Trinajstić information content (AvgIpc) is 2.49. The summed E-state index contributed by atoms with van der Waals surface area (Å²) in [6, 6.07) is 4.33. The number of unbranched alkanes of at least 4 members (excludes halogenated alkanes) is 1. The quantitative estimate of drug-likeness (QED) is 0.709. The van der Waals surface area contributed by atoms with Gasteiger partial charge >= 0.3 is 6.09 Å². The molecule has 1 rings (SSSR count). The fraction of sp³-hybridized carbons (Fsp3) is 0.588. The van der Waals surface area contributed by atoms with Crippen LogP contribution in [0.2, 0.25) is 0 Å². The van der Waals surface area contributed by atoms with Crippen molar-refractivity contribution in [3.05, 3.63) is 24.4 Å². The molecule has 134 valence electrons. The minimum Gasteiger partial charge on any atom is -0.444 e. The molecule has 0 aliphatic carbocycles. The van der Waals surface area contributed by atoms with Gasteiger partial charge in [0.25, 0.3) is 5.91 Å². The van der Waals surface area contributed by atoms with Crippen LogP contribution in [0.5, 0.6) is 0 Å². The number of hydrogen-bond donors (Lipinski definition) is 3. The van der Waals surface area contributed by atoms with Crippen molar-refractivity contribution in [2.75, 3.05) is 5.32 Å². The van der Waals surface area contributed by atoms with Crippen molar-refractivity contribution in [1.29, 1.82) is 0 Å². The topological polar surface area (TPSA) is 101 Å². The van der Waals surface area contributed by atoms with Crippen molar-refractivity contribution in [2.45, 2.75) is 64.7 Å². The van der Waals surface area contributed by atoms with Gasteiger partial charge in [-0.05, 0) is 39.3 Å². The molecule has 0 aliphatic heterocycles. The number of amides is 2. The number of aliphatic hydroxyl groups excluding tert-OH is 1. The summed E-state index contributed by atoms with van der Waals surface area (Å²) < 4.78 is 5.19. The third kappa shape index (κ3) is 7.41. The Morgan fingerprint density at radius 1 is 1.33 bits per heavy atom. The van der Waals surface area contributed by atoms with E-state index in [0.717, 1.165) is 12.8 Å². The second kappa shape index (κ2) is 9.22. The summed E-state index contributed by atoms with van der Waals surface area (Å²) >= 11 is 0. The van der Waals surface area contributed by atoms with E-state index in [9.17, 15) is 14.7 Å². The SMILES string of the molecule is CCCC[C@H](NC(=O)OC(C)(C)C)[C@H](O)C(=O)Nc1ccccn1. The molecule has 2 atom stereocenters. The molecule has 7 heteroatoms. The third-order valence-corrected chi connectivity index (χ3v) is 3.14. The zero-order valence-corrected chi connectivity index (χ0v) is 14.7. The van der Waals surface area contributed by atoms with Gasteiger partial charge in [-0.15, -0.1) is 0 Å². The Bertz CT molecular complexity index is 528. The molecular weight excluding hydrogens is 310 g/mol. The van der Waals surface area contributed by atoms with E-state index in [1.165, 1.54) is 6.20 Å². The number of aromatic nitrogens is 1. The van der Waals surface area contributed by atoms with Gasteiger partial charge in [-0.25, -0.2) is 9.78 Å². The van der Waals surface area contributed by atoms with Crippen LogP contribution >= 0.6 is 0 Å². The Morgan fingerprint density at radius 3 is 2.58 bits per heavy atom. The zero-order chi connectivity index (χ0) is 18.2. The molecule has 0 saturated carbocycles. The number of nitrogens with zero attached hydrogens (tertiary/aromatic N) is 1. The fourth-order valence-corrected chi connectivity index (χ4v) is 2.01. The van der Waals surface area contributed by atoms with Crippen molar-refractivity contribution in [2.24, 2.45) is 0 Å². The largest absolute Gasteiger partial charge is 0.444 e. The molecule has 0 bridgehead atoms. The van der Waals surface area contributed by atoms with Crippen molar-refractivity contribution in [3.8, 4) is 0 Å². The first-order valence-corrected chi connectivity index (χ1v) is 8.12. The van der Waals surface area contributed by atoms with Gasteiger partial charge in [0, 0.05) is 6.20 Å². The summed E-state index contributed by atoms with van der Waals surface area (Å²) in [7, 11) is 0. The maximum atomic E-state index is 12.2. The lowest BCUT2D eigenvalue weighted by molar-refractivity contribution is -0.125. The highest BCUT2D eigenvalue weighted by molar-refractivity contribution is 5.94. The highest BCUT2D eigenvalue weighted by atomic mass is 16.6. The van der Waals surface area contributed by atoms with Crippen LogP contribution in [0.4, 0.5) is 10.6 Å². The summed E-state index contributed by atoms with van der Waals surface area (Å²) in [5, 5.41) is 15.4. The number of ether oxygens (including phenoxy) is 1. The number of pyridine rings is 1. The molecule has 0 saturated heterocycles. The van der Waals surface area contributed by atoms with Crippen LogP contribution in [0.3, 0.4) is 0 Å². The molecule has 1 aromatic heterocycles. The van der Waals surface area contributed by atoms with E-state index in [2.05, 4.69) is 15.6 Å². The van der Waals surface area contributed by atoms with Gasteiger partial charge in [-0.2, -0.15) is 0 Å². The Morgan fingerprint density at radius 2 is 2.04 bits per heavy atom. The number of rotatable bonds is 7. The maximum absolute atomic E-state index is 12.2. The normalized spacial score (nSPS) is 13.7. The predicted molar refractivity (Wildman–Crippen MR) is 91.6 cm³/mol. The molecular formula is C17H27N3O4. The number of carbonyl (C=O) groups excluding carboxylic acids is 2. The summed E-state index contributed by atoms with van der Waals surface area (Å²) in [5.41, 5.74) is -0.652. The molecule has 0 spiro atoms. The molecule has 7 nitrogen and oxygen atoms in total. The molecule has 3 N–H and O–H groups in total. The van der Waals surface area contributed by atoms with Gasteiger partial charge in [-0.3, -0.25) is 4.79 Å². The molecule has 0 fully saturated rings. The summed E-state index contributed by atoms with van der Waals surface area (Å²) in [5.74, 6) is -0.279. The molecule has 0 aliphatic rings. The Balaban J connectivity index is 2.71. The molecule has 0 aromatic carbocycles. The Labute approximate surface area is 142 Å². The lowest BCUT2D eigenvalue weighted by Gasteiger charge is -2.26. The lowest BCUT2D eigenvalue weighted by Crippen LogP contribution is -2.50. The van der Waals surface area contributed by atoms with Gasteiger partial charge in [0.05, 0.1) is 6.04 Å². The molecule has 1 heterocycles. The maximum Gasteiger partial charge on any atom is 0.407 e. The van der Waals surface area contributed by atoms with Crippen molar-refractivity contribution in [1.82, 2.24) is 10.3 Å². The standard InChI is InChI=1S/C17H27N3O4/c1-5-6-9-12(19-16(23)24-17(2,3)4)14(21)15(22)20-13-10-7-8-11-18-13/h7-8,10-12,14,21H,5-6,9H2,1-4H3,(H,19,23)(H,18,20,22)/t12-,14-/m0/s1. The highest BCUT2D eigenvalue weighted by Crippen LogP contribution is 2.11. The van der Waals surface area contributed by atoms with Crippen LogP contribution in [0, 0.1) is 0 Å². The second-order valence-corrected chi connectivity index (χ2v) is 6.54. The van der Waals surface area contributed by atoms with Crippen LogP contribution in [0.1, 0.15) is 47.0 Å². The van der Waals surface area contributed by atoms with Gasteiger partial charge in [0.1, 0.15) is 11.4 Å². The molecule has 0 unspecified atom stereocenters. The first kappa shape index (κ1) is 19.9. The number of carbonyl (C=O) groups is 2. The summed E-state index contributed by atoms with van der Waals surface area (Å²) in [4.78, 5) is 28.1. The van der Waals surface area contributed by atoms with E-state index in [1.807, 2.05) is 6.92 Å². The van der Waals surface area contributed by atoms with Crippen molar-refractivity contribution < 1.29 is 19.4 Å². The number of aliphatic hydroxyl groups is 1. The fourth-order valence-electron chi connectivity index (χ4n) is 2.01. The minimum atomic E-state index is -1.40. The van der Waals surface area contributed by atoms with Crippen LogP contribution in [0.25, 0.3) is 0 Å². The monoisotopic (exact) mass is 337 g/mol. The molecule has 2 amide bonds. The number of nitrogens with one attached hydrogen (secondary N) is 2. The zero-order valence-electron chi connectivity index (χ0n) is 14.7. The molecule has 0 radical (unpaired) electrons. The smallest absolute Gasteiger partial charge is 0.407 e. The number of hydrogen-bond acceptors (Lipinski definition) is 5. The van der Waals surface area contributed by atoms with Crippen LogP contribution in [-0.4, -0.2) is 39.8 Å². The van der Waals surface area contributed by atoms with E-state index in [1.54, 1.807) is 39.0 Å². The van der Waals surface area contributed by atoms with Gasteiger partial charge in [-0.1, -0.05) is 25.8 Å². The average molecular weight is 337 g/mol. The Hall–Kier alpha value is -2.15. The van der Waals surface area contributed by atoms with E-state index in [4.69, 9.17) is 4.74 Å². The first-order chi connectivity index (χ1) is 11.2. The molecule has 1 aromatic rings. The van der Waals surface area contributed by atoms with Crippen LogP contribution < -0.4 is 10.6 Å². The number of alkyl carbamates (subject to hydrolysis) is 1. The van der Waals surface area contributed by atoms with Crippen LogP contribution in [-0.2, 0) is 9.53 Å². The van der Waals surface area contributed by atoms with Gasteiger partial charge in [0.2, 0.25) is 0 Å². The second-order valence-electron chi connectivity index (χ2n) is 6.54. The van der Waals surface area contributed by atoms with E-state index >= 15 is 0 Å². The molecule has 24 heavy (non-hydrogen) atoms. The highest BCUT2D eigenvalue weighted by Gasteiger charge is 2.29. The van der Waals surface area contributed by atoms with Crippen molar-refractivity contribution in [3.63, 3.8) is 0 Å². The van der Waals surface area contributed by atoms with E-state index < -0.39 is 29.7 Å². The lowest BCUT2D eigenvalue weighted by atomic mass is 10.0. The summed E-state index contributed by atoms with van der Waals surface area (Å²) in [6.07, 6.45) is 1.58.